The highest BCUT2D eigenvalue weighted by Gasteiger charge is 2.30. The van der Waals surface area contributed by atoms with E-state index < -0.39 is 22.8 Å². The molecule has 8 heteroatoms. The first-order valence-corrected chi connectivity index (χ1v) is 10.00. The fourth-order valence-electron chi connectivity index (χ4n) is 2.90. The van der Waals surface area contributed by atoms with E-state index in [1.54, 1.807) is 19.2 Å². The molecule has 0 aromatic heterocycles. The molecule has 0 aliphatic heterocycles. The molecule has 1 atom stereocenters. The van der Waals surface area contributed by atoms with Crippen molar-refractivity contribution in [1.82, 2.24) is 0 Å². The van der Waals surface area contributed by atoms with E-state index in [0.717, 1.165) is 29.1 Å². The molecular weight excluding hydrogens is 389 g/mol. The standard InChI is InChI=1S/C20H23F3N2O2S/c1-4-19(24-3)25-18-8-13(2)15(11-16(18)12-28(26)27)9-14-6-5-7-17(10-14)20(21,22)23/h5-8,10-11H,4,9,12H2,1-3H3,(H,24,25)(H,26,27). The third kappa shape index (κ3) is 5.90. The maximum absolute atomic E-state index is 13.0. The van der Waals surface area contributed by atoms with Crippen LogP contribution in [0, 0.1) is 6.92 Å². The Morgan fingerprint density at radius 1 is 1.21 bits per heavy atom. The van der Waals surface area contributed by atoms with Crippen molar-refractivity contribution in [2.75, 3.05) is 12.4 Å². The zero-order chi connectivity index (χ0) is 20.9. The molecule has 0 bridgehead atoms. The van der Waals surface area contributed by atoms with Crippen molar-refractivity contribution in [2.24, 2.45) is 4.99 Å². The molecule has 0 aliphatic rings. The number of hydrogen-bond donors (Lipinski definition) is 2. The zero-order valence-corrected chi connectivity index (χ0v) is 16.7. The summed E-state index contributed by atoms with van der Waals surface area (Å²) in [5, 5.41) is 3.17. The van der Waals surface area contributed by atoms with E-state index in [1.165, 1.54) is 6.07 Å². The molecule has 1 unspecified atom stereocenters. The second kappa shape index (κ2) is 9.34. The Bertz CT molecular complexity index is 896. The minimum Gasteiger partial charge on any atom is -0.344 e. The van der Waals surface area contributed by atoms with Crippen LogP contribution in [0.15, 0.2) is 41.4 Å². The topological polar surface area (TPSA) is 61.7 Å². The van der Waals surface area contributed by atoms with Crippen LogP contribution in [0.5, 0.6) is 0 Å². The maximum Gasteiger partial charge on any atom is 0.416 e. The van der Waals surface area contributed by atoms with E-state index in [1.807, 2.05) is 19.9 Å². The second-order valence-corrected chi connectivity index (χ2v) is 7.36. The van der Waals surface area contributed by atoms with Crippen LogP contribution in [0.4, 0.5) is 18.9 Å². The molecule has 2 aromatic carbocycles. The van der Waals surface area contributed by atoms with Gasteiger partial charge in [0, 0.05) is 19.2 Å². The van der Waals surface area contributed by atoms with Gasteiger partial charge < -0.3 is 9.87 Å². The van der Waals surface area contributed by atoms with Gasteiger partial charge in [0.05, 0.1) is 11.3 Å². The van der Waals surface area contributed by atoms with Gasteiger partial charge >= 0.3 is 6.18 Å². The highest BCUT2D eigenvalue weighted by Crippen LogP contribution is 2.31. The fraction of sp³-hybridized carbons (Fsp3) is 0.350. The van der Waals surface area contributed by atoms with E-state index in [4.69, 9.17) is 0 Å². The van der Waals surface area contributed by atoms with Gasteiger partial charge in [0.25, 0.3) is 0 Å². The predicted molar refractivity (Wildman–Crippen MR) is 107 cm³/mol. The Morgan fingerprint density at radius 2 is 1.93 bits per heavy atom. The van der Waals surface area contributed by atoms with Crippen molar-refractivity contribution in [2.45, 2.75) is 38.6 Å². The van der Waals surface area contributed by atoms with Crippen molar-refractivity contribution in [3.8, 4) is 0 Å². The van der Waals surface area contributed by atoms with Gasteiger partial charge in [0.2, 0.25) is 0 Å². The molecule has 2 N–H and O–H groups in total. The highest BCUT2D eigenvalue weighted by atomic mass is 32.2. The molecule has 152 valence electrons. The Labute approximate surface area is 165 Å². The van der Waals surface area contributed by atoms with Crippen LogP contribution in [0.25, 0.3) is 0 Å². The minimum atomic E-state index is -4.40. The summed E-state index contributed by atoms with van der Waals surface area (Å²) in [5.74, 6) is 0.647. The SMILES string of the molecule is CCC(=NC)Nc1cc(C)c(Cc2cccc(C(F)(F)F)c2)cc1CS(=O)O. The Morgan fingerprint density at radius 3 is 2.50 bits per heavy atom. The molecule has 4 nitrogen and oxygen atoms in total. The number of benzene rings is 2. The monoisotopic (exact) mass is 412 g/mol. The third-order valence-electron chi connectivity index (χ3n) is 4.37. The van der Waals surface area contributed by atoms with E-state index in [-0.39, 0.29) is 5.75 Å². The number of alkyl halides is 3. The lowest BCUT2D eigenvalue weighted by atomic mass is 9.96. The van der Waals surface area contributed by atoms with Gasteiger partial charge in [0.1, 0.15) is 5.84 Å². The molecule has 0 spiro atoms. The Hall–Kier alpha value is -2.19. The van der Waals surface area contributed by atoms with Crippen LogP contribution in [0.1, 0.15) is 41.2 Å². The molecule has 0 fully saturated rings. The van der Waals surface area contributed by atoms with Crippen LogP contribution in [0.3, 0.4) is 0 Å². The van der Waals surface area contributed by atoms with E-state index in [2.05, 4.69) is 10.3 Å². The number of anilines is 1. The summed E-state index contributed by atoms with van der Waals surface area (Å²) in [6.45, 7) is 3.80. The molecule has 0 amide bonds. The average molecular weight is 412 g/mol. The second-order valence-electron chi connectivity index (χ2n) is 6.43. The summed E-state index contributed by atoms with van der Waals surface area (Å²) in [6.07, 6.45) is -3.43. The smallest absolute Gasteiger partial charge is 0.344 e. The minimum absolute atomic E-state index is 0.0844. The quantitative estimate of drug-likeness (QED) is 0.391. The Kier molecular flexibility index (Phi) is 7.37. The maximum atomic E-state index is 13.0. The van der Waals surface area contributed by atoms with Crippen LogP contribution in [-0.4, -0.2) is 21.6 Å². The summed E-state index contributed by atoms with van der Waals surface area (Å²) in [7, 11) is 1.66. The number of amidine groups is 1. The van der Waals surface area contributed by atoms with Crippen molar-refractivity contribution < 1.29 is 21.9 Å². The first-order chi connectivity index (χ1) is 13.1. The molecule has 28 heavy (non-hydrogen) atoms. The van der Waals surface area contributed by atoms with Gasteiger partial charge in [-0.15, -0.1) is 0 Å². The van der Waals surface area contributed by atoms with Crippen LogP contribution >= 0.6 is 0 Å². The summed E-state index contributed by atoms with van der Waals surface area (Å²) in [6, 6.07) is 8.82. The number of rotatable bonds is 6. The van der Waals surface area contributed by atoms with Gasteiger partial charge in [-0.05, 0) is 47.7 Å². The molecule has 2 aromatic rings. The molecule has 0 saturated carbocycles. The third-order valence-corrected chi connectivity index (χ3v) is 4.93. The number of halogens is 3. The van der Waals surface area contributed by atoms with Crippen molar-refractivity contribution >= 4 is 22.6 Å². The molecule has 0 radical (unpaired) electrons. The Balaban J connectivity index is 2.41. The molecule has 0 saturated heterocycles. The first-order valence-electron chi connectivity index (χ1n) is 8.72. The van der Waals surface area contributed by atoms with Crippen molar-refractivity contribution in [1.29, 1.82) is 0 Å². The predicted octanol–water partition coefficient (Wildman–Crippen LogP) is 5.18. The zero-order valence-electron chi connectivity index (χ0n) is 15.9. The van der Waals surface area contributed by atoms with Crippen molar-refractivity contribution in [3.63, 3.8) is 0 Å². The first kappa shape index (κ1) is 22.1. The fourth-order valence-corrected chi connectivity index (χ4v) is 3.40. The van der Waals surface area contributed by atoms with Crippen LogP contribution in [0.2, 0.25) is 0 Å². The van der Waals surface area contributed by atoms with Gasteiger partial charge in [-0.3, -0.25) is 4.99 Å². The highest BCUT2D eigenvalue weighted by molar-refractivity contribution is 7.78. The van der Waals surface area contributed by atoms with E-state index >= 15 is 0 Å². The van der Waals surface area contributed by atoms with Crippen molar-refractivity contribution in [3.05, 3.63) is 64.2 Å². The lowest BCUT2D eigenvalue weighted by Crippen LogP contribution is -2.13. The molecule has 0 heterocycles. The summed E-state index contributed by atoms with van der Waals surface area (Å²) in [4.78, 5) is 4.14. The average Bonchev–Trinajstić information content (AvgIpc) is 2.62. The summed E-state index contributed by atoms with van der Waals surface area (Å²) in [5.41, 5.74) is 2.80. The van der Waals surface area contributed by atoms with Gasteiger partial charge in [-0.25, -0.2) is 4.21 Å². The number of nitrogens with one attached hydrogen (secondary N) is 1. The number of aryl methyl sites for hydroxylation is 1. The van der Waals surface area contributed by atoms with Crippen LogP contribution < -0.4 is 5.32 Å². The number of hydrogen-bond acceptors (Lipinski definition) is 2. The van der Waals surface area contributed by atoms with E-state index in [0.29, 0.717) is 29.7 Å². The number of nitrogens with zero attached hydrogens (tertiary/aromatic N) is 1. The van der Waals surface area contributed by atoms with E-state index in [9.17, 15) is 21.9 Å². The molecule has 2 rings (SSSR count). The van der Waals surface area contributed by atoms with Gasteiger partial charge in [0.15, 0.2) is 11.1 Å². The number of aliphatic imine (C=N–C) groups is 1. The lowest BCUT2D eigenvalue weighted by molar-refractivity contribution is -0.137. The van der Waals surface area contributed by atoms with Crippen LogP contribution in [-0.2, 0) is 29.4 Å². The molecular formula is C20H23F3N2O2S. The normalized spacial score (nSPS) is 13.5. The molecule has 0 aliphatic carbocycles. The summed E-state index contributed by atoms with van der Waals surface area (Å²) >= 11 is -2.05. The van der Waals surface area contributed by atoms with Gasteiger partial charge in [-0.2, -0.15) is 13.2 Å². The largest absolute Gasteiger partial charge is 0.416 e. The summed E-state index contributed by atoms with van der Waals surface area (Å²) < 4.78 is 59.6. The lowest BCUT2D eigenvalue weighted by Gasteiger charge is -2.17. The van der Waals surface area contributed by atoms with Gasteiger partial charge in [-0.1, -0.05) is 31.2 Å².